The first-order valence-corrected chi connectivity index (χ1v) is 8.57. The standard InChI is InChI=1S/C16H17NO6S/c1-2-22-13-5-3-12(4-6-13)17-24(20,21)15-9-7-14(8-10-15)23-11-16(18)19/h3-10,17H,2,11H2,1H3,(H,18,19)/p-1. The second-order valence-corrected chi connectivity index (χ2v) is 6.38. The van der Waals surface area contributed by atoms with E-state index < -0.39 is 22.6 Å². The molecule has 0 saturated carbocycles. The number of hydrogen-bond acceptors (Lipinski definition) is 6. The van der Waals surface area contributed by atoms with Crippen LogP contribution in [0.15, 0.2) is 53.4 Å². The van der Waals surface area contributed by atoms with Gasteiger partial charge in [-0.25, -0.2) is 8.42 Å². The van der Waals surface area contributed by atoms with Crippen LogP contribution in [-0.4, -0.2) is 27.6 Å². The van der Waals surface area contributed by atoms with E-state index in [1.54, 1.807) is 24.3 Å². The van der Waals surface area contributed by atoms with Gasteiger partial charge in [-0.2, -0.15) is 0 Å². The van der Waals surface area contributed by atoms with Crippen molar-refractivity contribution in [2.75, 3.05) is 17.9 Å². The van der Waals surface area contributed by atoms with Crippen LogP contribution < -0.4 is 19.3 Å². The lowest BCUT2D eigenvalue weighted by Gasteiger charge is -2.10. The zero-order valence-corrected chi connectivity index (χ0v) is 13.7. The molecule has 1 N–H and O–H groups in total. The normalized spacial score (nSPS) is 10.9. The lowest BCUT2D eigenvalue weighted by Crippen LogP contribution is -2.28. The van der Waals surface area contributed by atoms with Gasteiger partial charge >= 0.3 is 0 Å². The molecule has 0 atom stereocenters. The Bertz CT molecular complexity index is 784. The number of carbonyl (C=O) groups excluding carboxylic acids is 1. The van der Waals surface area contributed by atoms with Gasteiger partial charge in [-0.05, 0) is 55.5 Å². The smallest absolute Gasteiger partial charge is 0.261 e. The minimum absolute atomic E-state index is 0.0252. The summed E-state index contributed by atoms with van der Waals surface area (Å²) in [5.74, 6) is -0.474. The highest BCUT2D eigenvalue weighted by atomic mass is 32.2. The summed E-state index contributed by atoms with van der Waals surface area (Å²) in [4.78, 5) is 10.3. The SMILES string of the molecule is CCOc1ccc(NS(=O)(=O)c2ccc(OCC(=O)[O-])cc2)cc1. The molecule has 0 aliphatic carbocycles. The van der Waals surface area contributed by atoms with Crippen molar-refractivity contribution in [3.05, 3.63) is 48.5 Å². The molecule has 0 aliphatic heterocycles. The number of ether oxygens (including phenoxy) is 2. The van der Waals surface area contributed by atoms with E-state index in [0.29, 0.717) is 18.0 Å². The molecule has 0 saturated heterocycles. The number of carboxylic acids is 1. The predicted molar refractivity (Wildman–Crippen MR) is 85.4 cm³/mol. The molecular formula is C16H16NO6S-. The predicted octanol–water partition coefficient (Wildman–Crippen LogP) is 1.01. The van der Waals surface area contributed by atoms with Crippen LogP contribution in [0.1, 0.15) is 6.92 Å². The Morgan fingerprint density at radius 2 is 1.54 bits per heavy atom. The fourth-order valence-corrected chi connectivity index (χ4v) is 2.92. The van der Waals surface area contributed by atoms with E-state index in [9.17, 15) is 18.3 Å². The van der Waals surface area contributed by atoms with Crippen LogP contribution in [0.2, 0.25) is 0 Å². The maximum Gasteiger partial charge on any atom is 0.261 e. The molecule has 8 heteroatoms. The molecule has 0 fully saturated rings. The molecule has 0 aromatic heterocycles. The summed E-state index contributed by atoms with van der Waals surface area (Å²) in [6, 6.07) is 11.9. The number of hydrogen-bond donors (Lipinski definition) is 1. The van der Waals surface area contributed by atoms with Crippen LogP contribution in [0.25, 0.3) is 0 Å². The van der Waals surface area contributed by atoms with Crippen molar-refractivity contribution in [3.63, 3.8) is 0 Å². The summed E-state index contributed by atoms with van der Waals surface area (Å²) in [5, 5.41) is 10.3. The number of nitrogens with one attached hydrogen (secondary N) is 1. The van der Waals surface area contributed by atoms with Crippen molar-refractivity contribution in [1.29, 1.82) is 0 Å². The Kier molecular flexibility index (Phi) is 5.64. The van der Waals surface area contributed by atoms with E-state index in [-0.39, 0.29) is 10.6 Å². The van der Waals surface area contributed by atoms with Crippen LogP contribution in [0.3, 0.4) is 0 Å². The van der Waals surface area contributed by atoms with Gasteiger partial charge < -0.3 is 19.4 Å². The van der Waals surface area contributed by atoms with Crippen LogP contribution in [0, 0.1) is 0 Å². The number of carboxylic acid groups (broad SMARTS) is 1. The van der Waals surface area contributed by atoms with Gasteiger partial charge in [0.25, 0.3) is 10.0 Å². The molecule has 0 radical (unpaired) electrons. The van der Waals surface area contributed by atoms with Crippen LogP contribution >= 0.6 is 0 Å². The first-order chi connectivity index (χ1) is 11.4. The van der Waals surface area contributed by atoms with Crippen molar-refractivity contribution >= 4 is 21.7 Å². The summed E-state index contributed by atoms with van der Waals surface area (Å²) in [7, 11) is -3.76. The number of benzene rings is 2. The summed E-state index contributed by atoms with van der Waals surface area (Å²) >= 11 is 0. The van der Waals surface area contributed by atoms with Crippen molar-refractivity contribution in [1.82, 2.24) is 0 Å². The third-order valence-corrected chi connectivity index (χ3v) is 4.31. The van der Waals surface area contributed by atoms with Gasteiger partial charge in [-0.15, -0.1) is 0 Å². The number of carbonyl (C=O) groups is 1. The Hall–Kier alpha value is -2.74. The van der Waals surface area contributed by atoms with E-state index in [4.69, 9.17) is 9.47 Å². The number of rotatable bonds is 8. The molecule has 0 unspecified atom stereocenters. The zero-order chi connectivity index (χ0) is 17.6. The summed E-state index contributed by atoms with van der Waals surface area (Å²) in [5.41, 5.74) is 0.399. The fraction of sp³-hybridized carbons (Fsp3) is 0.188. The number of anilines is 1. The summed E-state index contributed by atoms with van der Waals surface area (Å²) in [6.07, 6.45) is 0. The quantitative estimate of drug-likeness (QED) is 0.762. The number of aliphatic carboxylic acids is 1. The molecule has 2 rings (SSSR count). The average Bonchev–Trinajstić information content (AvgIpc) is 2.55. The van der Waals surface area contributed by atoms with Gasteiger partial charge in [0, 0.05) is 5.69 Å². The molecule has 0 aliphatic rings. The minimum atomic E-state index is -3.76. The van der Waals surface area contributed by atoms with Crippen molar-refractivity contribution in [2.24, 2.45) is 0 Å². The van der Waals surface area contributed by atoms with Crippen LogP contribution in [0.4, 0.5) is 5.69 Å². The first-order valence-electron chi connectivity index (χ1n) is 7.09. The van der Waals surface area contributed by atoms with Gasteiger partial charge in [0.05, 0.1) is 17.5 Å². The van der Waals surface area contributed by atoms with Gasteiger partial charge in [0.1, 0.15) is 18.1 Å². The molecule has 0 bridgehead atoms. The zero-order valence-electron chi connectivity index (χ0n) is 12.9. The summed E-state index contributed by atoms with van der Waals surface area (Å²) in [6.45, 7) is 1.78. The van der Waals surface area contributed by atoms with Gasteiger partial charge in [0.2, 0.25) is 0 Å². The maximum atomic E-state index is 12.3. The second-order valence-electron chi connectivity index (χ2n) is 4.69. The highest BCUT2D eigenvalue weighted by molar-refractivity contribution is 7.92. The fourth-order valence-electron chi connectivity index (χ4n) is 1.86. The molecule has 0 amide bonds. The second kappa shape index (κ2) is 7.69. The molecule has 2 aromatic rings. The highest BCUT2D eigenvalue weighted by Gasteiger charge is 2.14. The molecule has 128 valence electrons. The molecule has 7 nitrogen and oxygen atoms in total. The van der Waals surface area contributed by atoms with Gasteiger partial charge in [-0.3, -0.25) is 4.72 Å². The van der Waals surface area contributed by atoms with E-state index in [2.05, 4.69) is 4.72 Å². The van der Waals surface area contributed by atoms with Crippen LogP contribution in [0.5, 0.6) is 11.5 Å². The largest absolute Gasteiger partial charge is 0.546 e. The van der Waals surface area contributed by atoms with Crippen molar-refractivity contribution < 1.29 is 27.8 Å². The minimum Gasteiger partial charge on any atom is -0.546 e. The molecule has 0 heterocycles. The van der Waals surface area contributed by atoms with Crippen molar-refractivity contribution in [3.8, 4) is 11.5 Å². The van der Waals surface area contributed by atoms with Gasteiger partial charge in [0.15, 0.2) is 0 Å². The summed E-state index contributed by atoms with van der Waals surface area (Å²) < 4.78 is 37.2. The lowest BCUT2D eigenvalue weighted by atomic mass is 10.3. The first kappa shape index (κ1) is 17.6. The third-order valence-electron chi connectivity index (χ3n) is 2.91. The third kappa shape index (κ3) is 4.88. The van der Waals surface area contributed by atoms with Crippen molar-refractivity contribution in [2.45, 2.75) is 11.8 Å². The van der Waals surface area contributed by atoms with Crippen LogP contribution in [-0.2, 0) is 14.8 Å². The van der Waals surface area contributed by atoms with E-state index in [1.807, 2.05) is 6.92 Å². The topological polar surface area (TPSA) is 105 Å². The Morgan fingerprint density at radius 1 is 1.00 bits per heavy atom. The number of sulfonamides is 1. The molecule has 2 aromatic carbocycles. The monoisotopic (exact) mass is 350 g/mol. The average molecular weight is 350 g/mol. The highest BCUT2D eigenvalue weighted by Crippen LogP contribution is 2.21. The molecular weight excluding hydrogens is 334 g/mol. The Morgan fingerprint density at radius 3 is 2.08 bits per heavy atom. The van der Waals surface area contributed by atoms with E-state index in [1.165, 1.54) is 24.3 Å². The lowest BCUT2D eigenvalue weighted by molar-refractivity contribution is -0.307. The molecule has 24 heavy (non-hydrogen) atoms. The van der Waals surface area contributed by atoms with E-state index in [0.717, 1.165) is 0 Å². The Labute approximate surface area is 139 Å². The van der Waals surface area contributed by atoms with Gasteiger partial charge in [-0.1, -0.05) is 0 Å². The Balaban J connectivity index is 2.07. The molecule has 0 spiro atoms. The van der Waals surface area contributed by atoms with E-state index >= 15 is 0 Å². The maximum absolute atomic E-state index is 12.3.